The minimum Gasteiger partial charge on any atom is -0.398 e. The van der Waals surface area contributed by atoms with E-state index in [2.05, 4.69) is 4.98 Å². The van der Waals surface area contributed by atoms with Crippen molar-refractivity contribution < 1.29 is 9.90 Å². The number of benzene rings is 1. The van der Waals surface area contributed by atoms with Gasteiger partial charge in [-0.1, -0.05) is 18.2 Å². The van der Waals surface area contributed by atoms with Gasteiger partial charge in [-0.25, -0.2) is 4.98 Å². The highest BCUT2D eigenvalue weighted by Gasteiger charge is 2.16. The van der Waals surface area contributed by atoms with E-state index < -0.39 is 0 Å². The standard InChI is InChI=1S/C14H17N3O2/c1-2-17(7-8-18)14(19)13-9-11(15)10-5-3-4-6-12(10)16-13/h3-6,9,18H,2,7-8H2,1H3,(H2,15,16). The summed E-state index contributed by atoms with van der Waals surface area (Å²) in [5, 5.41) is 9.79. The van der Waals surface area contributed by atoms with Gasteiger partial charge in [0.1, 0.15) is 5.69 Å². The smallest absolute Gasteiger partial charge is 0.272 e. The van der Waals surface area contributed by atoms with Crippen LogP contribution >= 0.6 is 0 Å². The Morgan fingerprint density at radius 3 is 2.84 bits per heavy atom. The number of nitrogens with zero attached hydrogens (tertiary/aromatic N) is 2. The summed E-state index contributed by atoms with van der Waals surface area (Å²) in [6.45, 7) is 2.61. The van der Waals surface area contributed by atoms with Crippen LogP contribution in [0.4, 0.5) is 5.69 Å². The number of pyridine rings is 1. The predicted molar refractivity (Wildman–Crippen MR) is 74.8 cm³/mol. The number of fused-ring (bicyclic) bond motifs is 1. The van der Waals surface area contributed by atoms with Gasteiger partial charge in [-0.05, 0) is 19.1 Å². The number of carbonyl (C=O) groups is 1. The van der Waals surface area contributed by atoms with Crippen LogP contribution in [0, 0.1) is 0 Å². The molecule has 1 aromatic carbocycles. The Kier molecular flexibility index (Phi) is 3.97. The zero-order valence-electron chi connectivity index (χ0n) is 10.8. The number of aromatic nitrogens is 1. The van der Waals surface area contributed by atoms with Crippen molar-refractivity contribution in [3.8, 4) is 0 Å². The second kappa shape index (κ2) is 5.67. The maximum absolute atomic E-state index is 12.3. The molecule has 0 saturated carbocycles. The first-order chi connectivity index (χ1) is 9.17. The molecule has 100 valence electrons. The number of aliphatic hydroxyl groups is 1. The van der Waals surface area contributed by atoms with E-state index in [4.69, 9.17) is 10.8 Å². The van der Waals surface area contributed by atoms with E-state index in [1.807, 2.05) is 31.2 Å². The SMILES string of the molecule is CCN(CCO)C(=O)c1cc(N)c2ccccc2n1. The number of anilines is 1. The lowest BCUT2D eigenvalue weighted by molar-refractivity contribution is 0.0726. The lowest BCUT2D eigenvalue weighted by atomic mass is 10.1. The highest BCUT2D eigenvalue weighted by atomic mass is 16.3. The van der Waals surface area contributed by atoms with Gasteiger partial charge in [0.15, 0.2) is 0 Å². The Hall–Kier alpha value is -2.14. The van der Waals surface area contributed by atoms with Crippen molar-refractivity contribution in [2.24, 2.45) is 0 Å². The van der Waals surface area contributed by atoms with Crippen molar-refractivity contribution in [1.29, 1.82) is 0 Å². The van der Waals surface area contributed by atoms with Crippen LogP contribution in [0.3, 0.4) is 0 Å². The number of hydrogen-bond donors (Lipinski definition) is 2. The summed E-state index contributed by atoms with van der Waals surface area (Å²) in [4.78, 5) is 18.1. The quantitative estimate of drug-likeness (QED) is 0.866. The third kappa shape index (κ3) is 2.66. The minimum atomic E-state index is -0.214. The maximum atomic E-state index is 12.3. The molecule has 0 saturated heterocycles. The van der Waals surface area contributed by atoms with Crippen molar-refractivity contribution in [2.45, 2.75) is 6.92 Å². The number of rotatable bonds is 4. The van der Waals surface area contributed by atoms with Crippen LogP contribution in [0.15, 0.2) is 30.3 Å². The van der Waals surface area contributed by atoms with Crippen LogP contribution in [0.1, 0.15) is 17.4 Å². The highest BCUT2D eigenvalue weighted by Crippen LogP contribution is 2.20. The molecule has 19 heavy (non-hydrogen) atoms. The van der Waals surface area contributed by atoms with E-state index >= 15 is 0 Å². The molecule has 2 rings (SSSR count). The molecule has 0 fully saturated rings. The summed E-state index contributed by atoms with van der Waals surface area (Å²) in [7, 11) is 0. The van der Waals surface area contributed by atoms with Crippen LogP contribution in [0.25, 0.3) is 10.9 Å². The fraction of sp³-hybridized carbons (Fsp3) is 0.286. The normalized spacial score (nSPS) is 10.6. The molecule has 0 atom stereocenters. The fourth-order valence-corrected chi connectivity index (χ4v) is 2.00. The zero-order chi connectivity index (χ0) is 13.8. The maximum Gasteiger partial charge on any atom is 0.272 e. The van der Waals surface area contributed by atoms with Crippen LogP contribution in [0.5, 0.6) is 0 Å². The van der Waals surface area contributed by atoms with Gasteiger partial charge in [-0.2, -0.15) is 0 Å². The third-order valence-electron chi connectivity index (χ3n) is 3.01. The van der Waals surface area contributed by atoms with Crippen molar-refractivity contribution in [2.75, 3.05) is 25.4 Å². The molecule has 0 unspecified atom stereocenters. The van der Waals surface area contributed by atoms with Crippen LogP contribution in [-0.2, 0) is 0 Å². The summed E-state index contributed by atoms with van der Waals surface area (Å²) in [6.07, 6.45) is 0. The number of likely N-dealkylation sites (N-methyl/N-ethyl adjacent to an activating group) is 1. The molecule has 1 aromatic heterocycles. The van der Waals surface area contributed by atoms with Crippen LogP contribution < -0.4 is 5.73 Å². The molecule has 0 radical (unpaired) electrons. The Morgan fingerprint density at radius 2 is 2.16 bits per heavy atom. The molecule has 3 N–H and O–H groups in total. The molecule has 0 aliphatic rings. The van der Waals surface area contributed by atoms with E-state index in [0.717, 1.165) is 5.39 Å². The van der Waals surface area contributed by atoms with E-state index in [1.54, 1.807) is 6.07 Å². The van der Waals surface area contributed by atoms with Gasteiger partial charge in [0.2, 0.25) is 0 Å². The van der Waals surface area contributed by atoms with Gasteiger partial charge in [0.25, 0.3) is 5.91 Å². The summed E-state index contributed by atoms with van der Waals surface area (Å²) in [5.41, 5.74) is 7.50. The molecule has 0 bridgehead atoms. The molecule has 1 amide bonds. The monoisotopic (exact) mass is 259 g/mol. The van der Waals surface area contributed by atoms with Gasteiger partial charge in [0.05, 0.1) is 12.1 Å². The number of amides is 1. The number of nitrogens with two attached hydrogens (primary N) is 1. The summed E-state index contributed by atoms with van der Waals surface area (Å²) in [5.74, 6) is -0.214. The lowest BCUT2D eigenvalue weighted by Gasteiger charge is -2.19. The van der Waals surface area contributed by atoms with E-state index in [0.29, 0.717) is 30.0 Å². The topological polar surface area (TPSA) is 79.5 Å². The number of nitrogen functional groups attached to an aromatic ring is 1. The van der Waals surface area contributed by atoms with Gasteiger partial charge in [0, 0.05) is 24.2 Å². The Bertz CT molecular complexity index is 598. The summed E-state index contributed by atoms with van der Waals surface area (Å²) in [6, 6.07) is 9.02. The van der Waals surface area contributed by atoms with E-state index in [1.165, 1.54) is 4.90 Å². The molecule has 5 nitrogen and oxygen atoms in total. The van der Waals surface area contributed by atoms with Crippen molar-refractivity contribution in [3.63, 3.8) is 0 Å². The van der Waals surface area contributed by atoms with E-state index in [-0.39, 0.29) is 12.5 Å². The number of carbonyl (C=O) groups excluding carboxylic acids is 1. The Balaban J connectivity index is 2.42. The molecule has 0 spiro atoms. The highest BCUT2D eigenvalue weighted by molar-refractivity contribution is 5.99. The molecule has 0 aliphatic heterocycles. The Labute approximate surface area is 111 Å². The lowest BCUT2D eigenvalue weighted by Crippen LogP contribution is -2.33. The van der Waals surface area contributed by atoms with Crippen molar-refractivity contribution in [3.05, 3.63) is 36.0 Å². The molecule has 1 heterocycles. The van der Waals surface area contributed by atoms with E-state index in [9.17, 15) is 4.79 Å². The first-order valence-corrected chi connectivity index (χ1v) is 6.22. The number of para-hydroxylation sites is 1. The molecule has 2 aromatic rings. The first-order valence-electron chi connectivity index (χ1n) is 6.22. The van der Waals surface area contributed by atoms with Gasteiger partial charge < -0.3 is 15.7 Å². The minimum absolute atomic E-state index is 0.0668. The second-order valence-electron chi connectivity index (χ2n) is 4.22. The third-order valence-corrected chi connectivity index (χ3v) is 3.01. The summed E-state index contributed by atoms with van der Waals surface area (Å²) < 4.78 is 0. The zero-order valence-corrected chi connectivity index (χ0v) is 10.8. The van der Waals surface area contributed by atoms with Gasteiger partial charge in [-0.15, -0.1) is 0 Å². The number of aliphatic hydroxyl groups excluding tert-OH is 1. The summed E-state index contributed by atoms with van der Waals surface area (Å²) >= 11 is 0. The molecule has 5 heteroatoms. The van der Waals surface area contributed by atoms with Crippen LogP contribution in [-0.4, -0.2) is 40.6 Å². The average molecular weight is 259 g/mol. The fourth-order valence-electron chi connectivity index (χ4n) is 2.00. The van der Waals surface area contributed by atoms with Crippen LogP contribution in [0.2, 0.25) is 0 Å². The van der Waals surface area contributed by atoms with Crippen molar-refractivity contribution >= 4 is 22.5 Å². The average Bonchev–Trinajstić information content (AvgIpc) is 2.44. The van der Waals surface area contributed by atoms with Crippen molar-refractivity contribution in [1.82, 2.24) is 9.88 Å². The second-order valence-corrected chi connectivity index (χ2v) is 4.22. The van der Waals surface area contributed by atoms with Gasteiger partial charge >= 0.3 is 0 Å². The predicted octanol–water partition coefficient (Wildman–Crippen LogP) is 1.27. The Morgan fingerprint density at radius 1 is 1.42 bits per heavy atom. The largest absolute Gasteiger partial charge is 0.398 e. The number of hydrogen-bond acceptors (Lipinski definition) is 4. The molecular weight excluding hydrogens is 242 g/mol. The molecule has 0 aliphatic carbocycles. The molecular formula is C14H17N3O2. The van der Waals surface area contributed by atoms with Gasteiger partial charge in [-0.3, -0.25) is 4.79 Å². The first kappa shape index (κ1) is 13.3.